The number of thioether (sulfide) groups is 1. The van der Waals surface area contributed by atoms with Gasteiger partial charge in [-0.15, -0.1) is 0 Å². The lowest BCUT2D eigenvalue weighted by Crippen LogP contribution is -2.50. The van der Waals surface area contributed by atoms with Gasteiger partial charge < -0.3 is 10.2 Å². The molecule has 21 heavy (non-hydrogen) atoms. The number of likely N-dealkylation sites (N-methyl/N-ethyl adjacent to an activating group) is 1. The molecule has 0 amide bonds. The van der Waals surface area contributed by atoms with Crippen LogP contribution in [0.2, 0.25) is 0 Å². The molecule has 2 aliphatic rings. The highest BCUT2D eigenvalue weighted by atomic mass is 32.2. The molecular weight excluding hydrogens is 280 g/mol. The highest BCUT2D eigenvalue weighted by Gasteiger charge is 2.23. The van der Waals surface area contributed by atoms with Crippen molar-refractivity contribution in [3.05, 3.63) is 35.9 Å². The number of nitrogens with one attached hydrogen (secondary N) is 1. The zero-order valence-corrected chi connectivity index (χ0v) is 13.5. The second kappa shape index (κ2) is 7.18. The SMILES string of the molecule is CN1CCN=C1NCC1CSCCN1Cc1ccccc1. The van der Waals surface area contributed by atoms with Gasteiger partial charge in [-0.05, 0) is 5.56 Å². The third-order valence-corrected chi connectivity index (χ3v) is 5.22. The van der Waals surface area contributed by atoms with Gasteiger partial charge in [-0.3, -0.25) is 9.89 Å². The van der Waals surface area contributed by atoms with Crippen molar-refractivity contribution in [2.45, 2.75) is 12.6 Å². The van der Waals surface area contributed by atoms with E-state index >= 15 is 0 Å². The Labute approximate surface area is 131 Å². The number of guanidine groups is 1. The van der Waals surface area contributed by atoms with Gasteiger partial charge in [0.1, 0.15) is 0 Å². The number of nitrogens with zero attached hydrogens (tertiary/aromatic N) is 3. The molecule has 114 valence electrons. The lowest BCUT2D eigenvalue weighted by molar-refractivity contribution is 0.209. The summed E-state index contributed by atoms with van der Waals surface area (Å²) in [5.41, 5.74) is 1.41. The van der Waals surface area contributed by atoms with Crippen LogP contribution in [0.15, 0.2) is 35.3 Å². The van der Waals surface area contributed by atoms with Crippen LogP contribution in [-0.2, 0) is 6.54 Å². The molecule has 1 atom stereocenters. The summed E-state index contributed by atoms with van der Waals surface area (Å²) in [6.07, 6.45) is 0. The summed E-state index contributed by atoms with van der Waals surface area (Å²) in [4.78, 5) is 9.33. The molecule has 1 unspecified atom stereocenters. The topological polar surface area (TPSA) is 30.9 Å². The van der Waals surface area contributed by atoms with Gasteiger partial charge in [-0.25, -0.2) is 0 Å². The molecule has 0 saturated carbocycles. The number of benzene rings is 1. The van der Waals surface area contributed by atoms with E-state index in [4.69, 9.17) is 0 Å². The average molecular weight is 304 g/mol. The van der Waals surface area contributed by atoms with Crippen molar-refractivity contribution < 1.29 is 0 Å². The Balaban J connectivity index is 1.56. The molecule has 0 bridgehead atoms. The number of hydrogen-bond donors (Lipinski definition) is 1. The molecule has 0 spiro atoms. The Bertz CT molecular complexity index is 476. The van der Waals surface area contributed by atoms with Gasteiger partial charge in [0.25, 0.3) is 0 Å². The highest BCUT2D eigenvalue weighted by Crippen LogP contribution is 2.18. The molecule has 1 fully saturated rings. The fourth-order valence-electron chi connectivity index (χ4n) is 2.84. The predicted molar refractivity (Wildman–Crippen MR) is 90.9 cm³/mol. The fourth-order valence-corrected chi connectivity index (χ4v) is 3.97. The minimum Gasteiger partial charge on any atom is -0.355 e. The number of hydrogen-bond acceptors (Lipinski definition) is 5. The van der Waals surface area contributed by atoms with Crippen LogP contribution in [0.1, 0.15) is 5.56 Å². The van der Waals surface area contributed by atoms with E-state index in [9.17, 15) is 0 Å². The first-order valence-corrected chi connectivity index (χ1v) is 8.83. The molecule has 5 heteroatoms. The number of aliphatic imine (C=N–C) groups is 1. The van der Waals surface area contributed by atoms with E-state index in [-0.39, 0.29) is 0 Å². The van der Waals surface area contributed by atoms with E-state index in [1.807, 2.05) is 0 Å². The van der Waals surface area contributed by atoms with Gasteiger partial charge in [0.05, 0.1) is 6.54 Å². The fraction of sp³-hybridized carbons (Fsp3) is 0.562. The Hall–Kier alpha value is -1.20. The van der Waals surface area contributed by atoms with Crippen LogP contribution in [0.25, 0.3) is 0 Å². The van der Waals surface area contributed by atoms with E-state index in [1.165, 1.54) is 23.6 Å². The van der Waals surface area contributed by atoms with Gasteiger partial charge in [0, 0.05) is 50.8 Å². The summed E-state index contributed by atoms with van der Waals surface area (Å²) < 4.78 is 0. The second-order valence-corrected chi connectivity index (χ2v) is 6.84. The van der Waals surface area contributed by atoms with Gasteiger partial charge in [-0.1, -0.05) is 30.3 Å². The standard InChI is InChI=1S/C16H24N4S/c1-19-8-7-17-16(19)18-11-15-13-21-10-9-20(15)12-14-5-3-2-4-6-14/h2-6,15H,7-13H2,1H3,(H,17,18). The molecule has 0 radical (unpaired) electrons. The first-order valence-electron chi connectivity index (χ1n) is 7.68. The van der Waals surface area contributed by atoms with Crippen LogP contribution in [0.4, 0.5) is 0 Å². The summed E-state index contributed by atoms with van der Waals surface area (Å²) in [6.45, 7) is 5.18. The summed E-state index contributed by atoms with van der Waals surface area (Å²) in [5, 5.41) is 3.54. The third-order valence-electron chi connectivity index (χ3n) is 4.13. The molecule has 0 aromatic heterocycles. The van der Waals surface area contributed by atoms with E-state index in [1.54, 1.807) is 0 Å². The van der Waals surface area contributed by atoms with Crippen LogP contribution in [0.5, 0.6) is 0 Å². The first kappa shape index (κ1) is 14.7. The van der Waals surface area contributed by atoms with Gasteiger partial charge in [0.15, 0.2) is 5.96 Å². The van der Waals surface area contributed by atoms with Gasteiger partial charge in [0.2, 0.25) is 0 Å². The normalized spacial score (nSPS) is 23.2. The lowest BCUT2D eigenvalue weighted by Gasteiger charge is -2.36. The maximum atomic E-state index is 4.52. The van der Waals surface area contributed by atoms with Crippen molar-refractivity contribution >= 4 is 17.7 Å². The Morgan fingerprint density at radius 1 is 1.29 bits per heavy atom. The molecule has 2 aliphatic heterocycles. The second-order valence-electron chi connectivity index (χ2n) is 5.69. The lowest BCUT2D eigenvalue weighted by atomic mass is 10.2. The van der Waals surface area contributed by atoms with Crippen LogP contribution >= 0.6 is 11.8 Å². The summed E-state index contributed by atoms with van der Waals surface area (Å²) in [6, 6.07) is 11.4. The van der Waals surface area contributed by atoms with Crippen LogP contribution in [-0.4, -0.2) is 66.5 Å². The molecule has 1 aromatic rings. The van der Waals surface area contributed by atoms with Crippen molar-refractivity contribution in [1.82, 2.24) is 15.1 Å². The van der Waals surface area contributed by atoms with E-state index in [0.717, 1.165) is 32.1 Å². The molecule has 0 aliphatic carbocycles. The Morgan fingerprint density at radius 2 is 2.14 bits per heavy atom. The van der Waals surface area contributed by atoms with Crippen molar-refractivity contribution in [3.8, 4) is 0 Å². The molecule has 1 aromatic carbocycles. The minimum absolute atomic E-state index is 0.584. The summed E-state index contributed by atoms with van der Waals surface area (Å²) >= 11 is 2.07. The third kappa shape index (κ3) is 3.92. The first-order chi connectivity index (χ1) is 10.3. The molecular formula is C16H24N4S. The van der Waals surface area contributed by atoms with E-state index in [0.29, 0.717) is 6.04 Å². The quantitative estimate of drug-likeness (QED) is 0.913. The smallest absolute Gasteiger partial charge is 0.193 e. The Kier molecular flexibility index (Phi) is 5.04. The molecule has 4 nitrogen and oxygen atoms in total. The van der Waals surface area contributed by atoms with E-state index in [2.05, 4.69) is 69.3 Å². The molecule has 3 rings (SSSR count). The highest BCUT2D eigenvalue weighted by molar-refractivity contribution is 7.99. The average Bonchev–Trinajstić information content (AvgIpc) is 2.93. The zero-order valence-electron chi connectivity index (χ0n) is 12.7. The van der Waals surface area contributed by atoms with Gasteiger partial charge >= 0.3 is 0 Å². The molecule has 1 saturated heterocycles. The largest absolute Gasteiger partial charge is 0.355 e. The van der Waals surface area contributed by atoms with Crippen molar-refractivity contribution in [1.29, 1.82) is 0 Å². The monoisotopic (exact) mass is 304 g/mol. The Morgan fingerprint density at radius 3 is 2.90 bits per heavy atom. The molecule has 1 N–H and O–H groups in total. The predicted octanol–water partition coefficient (Wildman–Crippen LogP) is 1.50. The molecule has 2 heterocycles. The van der Waals surface area contributed by atoms with Crippen LogP contribution in [0.3, 0.4) is 0 Å². The summed E-state index contributed by atoms with van der Waals surface area (Å²) in [7, 11) is 2.11. The van der Waals surface area contributed by atoms with E-state index < -0.39 is 0 Å². The van der Waals surface area contributed by atoms with Crippen molar-refractivity contribution in [2.75, 3.05) is 44.7 Å². The maximum absolute atomic E-state index is 4.52. The minimum atomic E-state index is 0.584. The summed E-state index contributed by atoms with van der Waals surface area (Å²) in [5.74, 6) is 3.51. The van der Waals surface area contributed by atoms with Crippen LogP contribution in [0, 0.1) is 0 Å². The van der Waals surface area contributed by atoms with Crippen molar-refractivity contribution in [3.63, 3.8) is 0 Å². The van der Waals surface area contributed by atoms with Crippen LogP contribution < -0.4 is 5.32 Å². The maximum Gasteiger partial charge on any atom is 0.193 e. The number of rotatable bonds is 4. The van der Waals surface area contributed by atoms with Crippen molar-refractivity contribution in [2.24, 2.45) is 4.99 Å². The van der Waals surface area contributed by atoms with Gasteiger partial charge in [-0.2, -0.15) is 11.8 Å². The zero-order chi connectivity index (χ0) is 14.5.